The van der Waals surface area contributed by atoms with E-state index in [9.17, 15) is 0 Å². The number of anilines is 2. The summed E-state index contributed by atoms with van der Waals surface area (Å²) in [6.07, 6.45) is 2.11. The van der Waals surface area contributed by atoms with Gasteiger partial charge < -0.3 is 20.5 Å². The molecule has 0 aliphatic carbocycles. The fraction of sp³-hybridized carbons (Fsp3) is 0.667. The first-order chi connectivity index (χ1) is 7.81. The molecule has 3 N–H and O–H groups in total. The van der Waals surface area contributed by atoms with E-state index < -0.39 is 0 Å². The summed E-state index contributed by atoms with van der Waals surface area (Å²) in [7, 11) is 0. The number of nitrogens with two attached hydrogens (primary N) is 1. The summed E-state index contributed by atoms with van der Waals surface area (Å²) >= 11 is 2.99. The van der Waals surface area contributed by atoms with Crippen LogP contribution in [-0.2, 0) is 9.47 Å². The molecule has 0 amide bonds. The highest BCUT2D eigenvalue weighted by Crippen LogP contribution is 2.34. The summed E-state index contributed by atoms with van der Waals surface area (Å²) in [5.74, 6) is 0.598. The molecule has 0 radical (unpaired) electrons. The highest BCUT2D eigenvalue weighted by atomic mass is 32.2. The molecule has 1 aliphatic rings. The molecule has 1 atom stereocenters. The van der Waals surface area contributed by atoms with E-state index in [1.54, 1.807) is 11.8 Å². The largest absolute Gasteiger partial charge is 0.382 e. The number of thioether (sulfide) groups is 1. The molecule has 16 heavy (non-hydrogen) atoms. The maximum Gasteiger partial charge on any atom is 0.153 e. The molecule has 2 rings (SSSR count). The summed E-state index contributed by atoms with van der Waals surface area (Å²) in [4.78, 5) is 1.02. The Bertz CT molecular complexity index is 339. The molecule has 0 saturated carbocycles. The predicted molar refractivity (Wildman–Crippen MR) is 67.4 cm³/mol. The van der Waals surface area contributed by atoms with Crippen molar-refractivity contribution in [3.8, 4) is 0 Å². The van der Waals surface area contributed by atoms with E-state index >= 15 is 0 Å². The average Bonchev–Trinajstić information content (AvgIpc) is 2.68. The number of rotatable bonds is 4. The van der Waals surface area contributed by atoms with Crippen molar-refractivity contribution in [2.45, 2.75) is 11.0 Å². The molecule has 2 heterocycles. The zero-order chi connectivity index (χ0) is 11.4. The predicted octanol–water partition coefficient (Wildman–Crippen LogP) is 1.27. The van der Waals surface area contributed by atoms with Gasteiger partial charge in [-0.2, -0.15) is 4.37 Å². The Morgan fingerprint density at radius 3 is 3.19 bits per heavy atom. The number of nitrogens with zero attached hydrogens (tertiary/aromatic N) is 1. The molecule has 0 bridgehead atoms. The second-order valence-electron chi connectivity index (χ2n) is 3.38. The number of ether oxygens (including phenoxy) is 2. The van der Waals surface area contributed by atoms with Gasteiger partial charge in [-0.15, -0.1) is 11.8 Å². The Balaban J connectivity index is 1.88. The quantitative estimate of drug-likeness (QED) is 0.796. The summed E-state index contributed by atoms with van der Waals surface area (Å²) in [6, 6.07) is 0. The molecule has 7 heteroatoms. The topological polar surface area (TPSA) is 69.4 Å². The lowest BCUT2D eigenvalue weighted by molar-refractivity contribution is -0.0818. The Morgan fingerprint density at radius 2 is 2.50 bits per heavy atom. The first-order valence-electron chi connectivity index (χ1n) is 5.03. The molecule has 1 aliphatic heterocycles. The van der Waals surface area contributed by atoms with Gasteiger partial charge in [0.25, 0.3) is 0 Å². The second kappa shape index (κ2) is 5.72. The molecule has 1 unspecified atom stereocenters. The minimum atomic E-state index is 0.117. The first-order valence-corrected chi connectivity index (χ1v) is 7.03. The third-order valence-corrected chi connectivity index (χ3v) is 4.02. The van der Waals surface area contributed by atoms with E-state index in [-0.39, 0.29) is 6.10 Å². The molecule has 0 spiro atoms. The SMILES string of the molecule is CSc1c(N)nsc1NCC1COCCO1. The molecular formula is C9H15N3O2S2. The van der Waals surface area contributed by atoms with Crippen molar-refractivity contribution in [2.24, 2.45) is 0 Å². The van der Waals surface area contributed by atoms with Gasteiger partial charge in [0.2, 0.25) is 0 Å². The number of nitrogens with one attached hydrogen (secondary N) is 1. The second-order valence-corrected chi connectivity index (χ2v) is 4.97. The van der Waals surface area contributed by atoms with Gasteiger partial charge in [0.1, 0.15) is 5.00 Å². The lowest BCUT2D eigenvalue weighted by Crippen LogP contribution is -2.34. The van der Waals surface area contributed by atoms with Gasteiger partial charge in [-0.1, -0.05) is 0 Å². The molecule has 90 valence electrons. The van der Waals surface area contributed by atoms with E-state index in [2.05, 4.69) is 9.69 Å². The average molecular weight is 261 g/mol. The molecule has 1 aromatic heterocycles. The van der Waals surface area contributed by atoms with Crippen molar-refractivity contribution in [3.63, 3.8) is 0 Å². The van der Waals surface area contributed by atoms with Crippen molar-refractivity contribution in [3.05, 3.63) is 0 Å². The van der Waals surface area contributed by atoms with Gasteiger partial charge >= 0.3 is 0 Å². The lowest BCUT2D eigenvalue weighted by atomic mass is 10.3. The smallest absolute Gasteiger partial charge is 0.153 e. The van der Waals surface area contributed by atoms with Crippen LogP contribution in [0.4, 0.5) is 10.8 Å². The summed E-state index contributed by atoms with van der Waals surface area (Å²) in [5.41, 5.74) is 5.74. The fourth-order valence-electron chi connectivity index (χ4n) is 1.46. The minimum absolute atomic E-state index is 0.117. The van der Waals surface area contributed by atoms with Crippen LogP contribution >= 0.6 is 23.3 Å². The van der Waals surface area contributed by atoms with Crippen LogP contribution in [0.1, 0.15) is 0 Å². The van der Waals surface area contributed by atoms with E-state index in [1.807, 2.05) is 6.26 Å². The van der Waals surface area contributed by atoms with Crippen LogP contribution in [0.25, 0.3) is 0 Å². The van der Waals surface area contributed by atoms with Crippen LogP contribution in [0.15, 0.2) is 4.90 Å². The van der Waals surface area contributed by atoms with Crippen molar-refractivity contribution in [1.29, 1.82) is 0 Å². The Hall–Kier alpha value is -0.500. The highest BCUT2D eigenvalue weighted by molar-refractivity contribution is 7.99. The Morgan fingerprint density at radius 1 is 1.62 bits per heavy atom. The standard InChI is InChI=1S/C9H15N3O2S2/c1-15-7-8(10)12-16-9(7)11-4-6-5-13-2-3-14-6/h6,11H,2-5H2,1H3,(H2,10,12). The summed E-state index contributed by atoms with van der Waals surface area (Å²) in [5, 5.41) is 4.32. The monoisotopic (exact) mass is 261 g/mol. The van der Waals surface area contributed by atoms with E-state index in [0.717, 1.165) is 16.4 Å². The number of nitrogen functional groups attached to an aromatic ring is 1. The zero-order valence-corrected chi connectivity index (χ0v) is 10.7. The van der Waals surface area contributed by atoms with Gasteiger partial charge in [0.15, 0.2) is 5.82 Å². The zero-order valence-electron chi connectivity index (χ0n) is 9.06. The van der Waals surface area contributed by atoms with Gasteiger partial charge in [0.05, 0.1) is 30.8 Å². The van der Waals surface area contributed by atoms with Crippen LogP contribution in [0.5, 0.6) is 0 Å². The highest BCUT2D eigenvalue weighted by Gasteiger charge is 2.16. The van der Waals surface area contributed by atoms with Gasteiger partial charge in [-0.25, -0.2) is 0 Å². The molecule has 1 fully saturated rings. The number of aromatic nitrogens is 1. The van der Waals surface area contributed by atoms with Crippen LogP contribution in [-0.4, -0.2) is 43.1 Å². The lowest BCUT2D eigenvalue weighted by Gasteiger charge is -2.23. The molecule has 0 aromatic carbocycles. The van der Waals surface area contributed by atoms with Crippen molar-refractivity contribution < 1.29 is 9.47 Å². The Kier molecular flexibility index (Phi) is 4.28. The third kappa shape index (κ3) is 2.79. The van der Waals surface area contributed by atoms with Crippen LogP contribution in [0.3, 0.4) is 0 Å². The molecule has 1 aromatic rings. The van der Waals surface area contributed by atoms with Crippen molar-refractivity contribution in [2.75, 3.05) is 43.7 Å². The third-order valence-electron chi connectivity index (χ3n) is 2.25. The van der Waals surface area contributed by atoms with Gasteiger partial charge in [-0.3, -0.25) is 0 Å². The normalized spacial score (nSPS) is 20.9. The summed E-state index contributed by atoms with van der Waals surface area (Å²) in [6.45, 7) is 2.75. The van der Waals surface area contributed by atoms with E-state index in [4.69, 9.17) is 15.2 Å². The molecule has 1 saturated heterocycles. The minimum Gasteiger partial charge on any atom is -0.382 e. The fourth-order valence-corrected chi connectivity index (χ4v) is 3.01. The number of hydrogen-bond acceptors (Lipinski definition) is 7. The Labute approximate surface area is 103 Å². The first kappa shape index (κ1) is 12.0. The molecular weight excluding hydrogens is 246 g/mol. The summed E-state index contributed by atoms with van der Waals surface area (Å²) < 4.78 is 15.0. The van der Waals surface area contributed by atoms with Gasteiger partial charge in [0, 0.05) is 6.54 Å². The van der Waals surface area contributed by atoms with Gasteiger partial charge in [-0.05, 0) is 17.8 Å². The van der Waals surface area contributed by atoms with Crippen molar-refractivity contribution in [1.82, 2.24) is 4.37 Å². The maximum absolute atomic E-state index is 5.74. The molecule has 5 nitrogen and oxygen atoms in total. The van der Waals surface area contributed by atoms with Crippen molar-refractivity contribution >= 4 is 34.1 Å². The van der Waals surface area contributed by atoms with E-state index in [1.165, 1.54) is 11.5 Å². The van der Waals surface area contributed by atoms with Crippen LogP contribution < -0.4 is 11.1 Å². The van der Waals surface area contributed by atoms with E-state index in [0.29, 0.717) is 25.6 Å². The maximum atomic E-state index is 5.74. The number of hydrogen-bond donors (Lipinski definition) is 2. The van der Waals surface area contributed by atoms with Crippen LogP contribution in [0.2, 0.25) is 0 Å². The van der Waals surface area contributed by atoms with Crippen LogP contribution in [0, 0.1) is 0 Å².